The van der Waals surface area contributed by atoms with E-state index in [1.165, 1.54) is 25.5 Å². The van der Waals surface area contributed by atoms with Crippen molar-refractivity contribution in [1.82, 2.24) is 5.43 Å². The summed E-state index contributed by atoms with van der Waals surface area (Å²) in [4.78, 5) is 12.2. The van der Waals surface area contributed by atoms with E-state index in [0.29, 0.717) is 35.2 Å². The molecule has 144 valence electrons. The van der Waals surface area contributed by atoms with E-state index < -0.39 is 5.91 Å². The third-order valence-electron chi connectivity index (χ3n) is 3.76. The average molecular weight is 372 g/mol. The van der Waals surface area contributed by atoms with Crippen LogP contribution in [-0.4, -0.2) is 36.1 Å². The summed E-state index contributed by atoms with van der Waals surface area (Å²) in [6.45, 7) is 4.81. The number of phenols is 2. The topological polar surface area (TPSA) is 100 Å². The van der Waals surface area contributed by atoms with Gasteiger partial charge in [-0.25, -0.2) is 5.43 Å². The molecule has 0 aliphatic rings. The van der Waals surface area contributed by atoms with Crippen molar-refractivity contribution in [3.8, 4) is 23.0 Å². The number of amides is 1. The number of hydrogen-bond donors (Lipinski definition) is 3. The molecule has 2 aromatic rings. The van der Waals surface area contributed by atoms with Crippen LogP contribution in [0.15, 0.2) is 41.5 Å². The van der Waals surface area contributed by atoms with Crippen LogP contribution in [0.25, 0.3) is 0 Å². The predicted octanol–water partition coefficient (Wildman–Crippen LogP) is 3.30. The lowest BCUT2D eigenvalue weighted by Crippen LogP contribution is -2.17. The SMILES string of the molecule is COc1cc(C(=O)N/N=C/c2ccc(O)c(O)c2)ccc1OCCC(C)C. The number of rotatable bonds is 8. The summed E-state index contributed by atoms with van der Waals surface area (Å²) < 4.78 is 11.0. The molecule has 7 nitrogen and oxygen atoms in total. The molecule has 0 saturated heterocycles. The summed E-state index contributed by atoms with van der Waals surface area (Å²) in [5, 5.41) is 22.6. The molecule has 0 spiro atoms. The number of hydrogen-bond acceptors (Lipinski definition) is 6. The van der Waals surface area contributed by atoms with Crippen LogP contribution in [0.2, 0.25) is 0 Å². The highest BCUT2D eigenvalue weighted by atomic mass is 16.5. The van der Waals surface area contributed by atoms with Gasteiger partial charge in [0.05, 0.1) is 19.9 Å². The maximum absolute atomic E-state index is 12.2. The molecule has 2 aromatic carbocycles. The summed E-state index contributed by atoms with van der Waals surface area (Å²) in [6, 6.07) is 9.12. The Hall–Kier alpha value is -3.22. The maximum Gasteiger partial charge on any atom is 0.271 e. The van der Waals surface area contributed by atoms with E-state index in [9.17, 15) is 15.0 Å². The molecule has 0 aliphatic heterocycles. The number of ether oxygens (including phenoxy) is 2. The smallest absolute Gasteiger partial charge is 0.271 e. The second-order valence-corrected chi connectivity index (χ2v) is 6.34. The molecule has 1 amide bonds. The van der Waals surface area contributed by atoms with Gasteiger partial charge in [-0.05, 0) is 54.3 Å². The number of carbonyl (C=O) groups excluding carboxylic acids is 1. The molecule has 0 saturated carbocycles. The maximum atomic E-state index is 12.2. The highest BCUT2D eigenvalue weighted by Crippen LogP contribution is 2.28. The molecular weight excluding hydrogens is 348 g/mol. The quantitative estimate of drug-likeness (QED) is 0.375. The molecule has 0 atom stereocenters. The van der Waals surface area contributed by atoms with Crippen LogP contribution in [0.3, 0.4) is 0 Å². The molecule has 7 heteroatoms. The fourth-order valence-corrected chi connectivity index (χ4v) is 2.18. The highest BCUT2D eigenvalue weighted by molar-refractivity contribution is 5.95. The zero-order valence-corrected chi connectivity index (χ0v) is 15.6. The molecule has 3 N–H and O–H groups in total. The number of nitrogens with one attached hydrogen (secondary N) is 1. The standard InChI is InChI=1S/C20H24N2O5/c1-13(2)8-9-27-18-7-5-15(11-19(18)26-3)20(25)22-21-12-14-4-6-16(23)17(24)10-14/h4-7,10-13,23-24H,8-9H2,1-3H3,(H,22,25)/b21-12+. The van der Waals surface area contributed by atoms with Gasteiger partial charge in [0.15, 0.2) is 23.0 Å². The van der Waals surface area contributed by atoms with Crippen molar-refractivity contribution in [3.63, 3.8) is 0 Å². The number of aromatic hydroxyl groups is 2. The lowest BCUT2D eigenvalue weighted by molar-refractivity contribution is 0.0954. The van der Waals surface area contributed by atoms with Crippen molar-refractivity contribution < 1.29 is 24.5 Å². The fourth-order valence-electron chi connectivity index (χ4n) is 2.18. The number of nitrogens with zero attached hydrogens (tertiary/aromatic N) is 1. The molecule has 0 radical (unpaired) electrons. The van der Waals surface area contributed by atoms with Gasteiger partial charge in [0.2, 0.25) is 0 Å². The van der Waals surface area contributed by atoms with Crippen LogP contribution in [-0.2, 0) is 0 Å². The van der Waals surface area contributed by atoms with Crippen LogP contribution in [0.1, 0.15) is 36.2 Å². The molecule has 0 aromatic heterocycles. The van der Waals surface area contributed by atoms with Gasteiger partial charge >= 0.3 is 0 Å². The van der Waals surface area contributed by atoms with Gasteiger partial charge in [0, 0.05) is 5.56 Å². The van der Waals surface area contributed by atoms with Crippen LogP contribution in [0, 0.1) is 5.92 Å². The van der Waals surface area contributed by atoms with E-state index in [1.807, 2.05) is 0 Å². The van der Waals surface area contributed by atoms with Gasteiger partial charge in [-0.15, -0.1) is 0 Å². The minimum atomic E-state index is -0.415. The monoisotopic (exact) mass is 372 g/mol. The lowest BCUT2D eigenvalue weighted by atomic mass is 10.1. The van der Waals surface area contributed by atoms with E-state index in [1.54, 1.807) is 24.3 Å². The van der Waals surface area contributed by atoms with E-state index in [0.717, 1.165) is 6.42 Å². The van der Waals surface area contributed by atoms with Gasteiger partial charge in [0.1, 0.15) is 0 Å². The number of methoxy groups -OCH3 is 1. The zero-order chi connectivity index (χ0) is 19.8. The number of phenolic OH excluding ortho intramolecular Hbond substituents is 2. The Bertz CT molecular complexity index is 818. The minimum Gasteiger partial charge on any atom is -0.504 e. The first kappa shape index (κ1) is 20.1. The zero-order valence-electron chi connectivity index (χ0n) is 15.6. The molecule has 0 unspecified atom stereocenters. The molecule has 27 heavy (non-hydrogen) atoms. The van der Waals surface area contributed by atoms with E-state index >= 15 is 0 Å². The summed E-state index contributed by atoms with van der Waals surface area (Å²) in [7, 11) is 1.52. The molecule has 0 bridgehead atoms. The number of hydrazone groups is 1. The first-order valence-electron chi connectivity index (χ1n) is 8.57. The van der Waals surface area contributed by atoms with Crippen LogP contribution < -0.4 is 14.9 Å². The fraction of sp³-hybridized carbons (Fsp3) is 0.300. The Morgan fingerprint density at radius 2 is 1.93 bits per heavy atom. The summed E-state index contributed by atoms with van der Waals surface area (Å²) in [5.41, 5.74) is 3.29. The van der Waals surface area contributed by atoms with Crippen molar-refractivity contribution in [2.75, 3.05) is 13.7 Å². The van der Waals surface area contributed by atoms with Gasteiger partial charge in [-0.3, -0.25) is 4.79 Å². The van der Waals surface area contributed by atoms with Gasteiger partial charge in [-0.1, -0.05) is 13.8 Å². The molecular formula is C20H24N2O5. The average Bonchev–Trinajstić information content (AvgIpc) is 2.64. The van der Waals surface area contributed by atoms with Crippen molar-refractivity contribution in [2.45, 2.75) is 20.3 Å². The van der Waals surface area contributed by atoms with Crippen molar-refractivity contribution in [2.24, 2.45) is 11.0 Å². The Labute approximate surface area is 158 Å². The Balaban J connectivity index is 2.00. The first-order valence-corrected chi connectivity index (χ1v) is 8.57. The number of benzene rings is 2. The van der Waals surface area contributed by atoms with E-state index in [4.69, 9.17) is 9.47 Å². The lowest BCUT2D eigenvalue weighted by Gasteiger charge is -2.12. The highest BCUT2D eigenvalue weighted by Gasteiger charge is 2.11. The molecule has 0 fully saturated rings. The number of carbonyl (C=O) groups is 1. The van der Waals surface area contributed by atoms with Gasteiger partial charge in [0.25, 0.3) is 5.91 Å². The predicted molar refractivity (Wildman–Crippen MR) is 103 cm³/mol. The van der Waals surface area contributed by atoms with E-state index in [2.05, 4.69) is 24.4 Å². The Morgan fingerprint density at radius 3 is 2.59 bits per heavy atom. The third kappa shape index (κ3) is 5.91. The second kappa shape index (κ2) is 9.47. The van der Waals surface area contributed by atoms with Crippen molar-refractivity contribution >= 4 is 12.1 Å². The Morgan fingerprint density at radius 1 is 1.15 bits per heavy atom. The summed E-state index contributed by atoms with van der Waals surface area (Å²) in [5.74, 6) is 0.689. The third-order valence-corrected chi connectivity index (χ3v) is 3.76. The summed E-state index contributed by atoms with van der Waals surface area (Å²) >= 11 is 0. The first-order chi connectivity index (χ1) is 12.9. The second-order valence-electron chi connectivity index (χ2n) is 6.34. The van der Waals surface area contributed by atoms with Crippen molar-refractivity contribution in [3.05, 3.63) is 47.5 Å². The molecule has 0 heterocycles. The van der Waals surface area contributed by atoms with Crippen LogP contribution in [0.4, 0.5) is 0 Å². The normalized spacial score (nSPS) is 11.0. The van der Waals surface area contributed by atoms with Crippen LogP contribution >= 0.6 is 0 Å². The molecule has 2 rings (SSSR count). The summed E-state index contributed by atoms with van der Waals surface area (Å²) in [6.07, 6.45) is 2.28. The van der Waals surface area contributed by atoms with E-state index in [-0.39, 0.29) is 11.5 Å². The van der Waals surface area contributed by atoms with Crippen molar-refractivity contribution in [1.29, 1.82) is 0 Å². The van der Waals surface area contributed by atoms with Gasteiger partial charge < -0.3 is 19.7 Å². The van der Waals surface area contributed by atoms with Gasteiger partial charge in [-0.2, -0.15) is 5.10 Å². The Kier molecular flexibility index (Phi) is 7.05. The minimum absolute atomic E-state index is 0.223. The van der Waals surface area contributed by atoms with Crippen LogP contribution in [0.5, 0.6) is 23.0 Å². The molecule has 0 aliphatic carbocycles. The largest absolute Gasteiger partial charge is 0.504 e.